The molecule has 0 saturated carbocycles. The molecule has 0 atom stereocenters. The van der Waals surface area contributed by atoms with E-state index in [-0.39, 0.29) is 0 Å². The van der Waals surface area contributed by atoms with E-state index in [1.807, 2.05) is 60.3 Å². The first kappa shape index (κ1) is 17.2. The molecule has 0 radical (unpaired) electrons. The van der Waals surface area contributed by atoms with Gasteiger partial charge in [-0.2, -0.15) is 5.10 Å². The summed E-state index contributed by atoms with van der Waals surface area (Å²) in [6, 6.07) is 18.2. The molecule has 128 valence electrons. The number of rotatable bonds is 4. The molecule has 5 heteroatoms. The molecule has 0 fully saturated rings. The number of benzene rings is 2. The summed E-state index contributed by atoms with van der Waals surface area (Å²) in [4.78, 5) is 4.92. The van der Waals surface area contributed by atoms with E-state index in [9.17, 15) is 0 Å². The van der Waals surface area contributed by atoms with Gasteiger partial charge >= 0.3 is 0 Å². The Bertz CT molecular complexity index is 885. The van der Waals surface area contributed by atoms with Gasteiger partial charge in [0.1, 0.15) is 11.4 Å². The van der Waals surface area contributed by atoms with Crippen molar-refractivity contribution in [2.45, 2.75) is 26.9 Å². The Hall–Kier alpha value is -2.66. The Kier molecular flexibility index (Phi) is 5.14. The van der Waals surface area contributed by atoms with Gasteiger partial charge in [0.25, 0.3) is 0 Å². The van der Waals surface area contributed by atoms with Crippen LogP contribution in [0.4, 0.5) is 5.69 Å². The minimum absolute atomic E-state index is 0.785. The highest BCUT2D eigenvalue weighted by atomic mass is 28.3. The van der Waals surface area contributed by atoms with Crippen molar-refractivity contribution in [2.24, 2.45) is 4.99 Å². The molecule has 1 heterocycles. The fourth-order valence-corrected chi connectivity index (χ4v) is 3.24. The predicted octanol–water partition coefficient (Wildman–Crippen LogP) is 4.49. The first-order valence-corrected chi connectivity index (χ1v) is 11.2. The molecule has 0 aliphatic rings. The Balaban J connectivity index is 2.14. The first-order chi connectivity index (χ1) is 12.0. The number of aryl methyl sites for hydroxylation is 2. The second-order valence-electron chi connectivity index (χ2n) is 6.34. The third-order valence-corrected chi connectivity index (χ3v) is 4.40. The second-order valence-corrected chi connectivity index (χ2v) is 8.67. The number of aliphatic imine (C=N–C) groups is 1. The van der Waals surface area contributed by atoms with Crippen LogP contribution in [-0.4, -0.2) is 24.7 Å². The fraction of sp³-hybridized carbons (Fsp3) is 0.200. The number of nitrogens with zero attached hydrogens (tertiary/aromatic N) is 3. The van der Waals surface area contributed by atoms with E-state index in [2.05, 4.69) is 37.2 Å². The number of aromatic nitrogens is 2. The summed E-state index contributed by atoms with van der Waals surface area (Å²) < 4.78 is 7.93. The summed E-state index contributed by atoms with van der Waals surface area (Å²) in [5, 5.41) is 4.55. The molecule has 2 aromatic carbocycles. The van der Waals surface area contributed by atoms with Gasteiger partial charge in [-0.25, -0.2) is 9.67 Å². The summed E-state index contributed by atoms with van der Waals surface area (Å²) >= 11 is 0. The van der Waals surface area contributed by atoms with Crippen LogP contribution in [0.5, 0.6) is 5.75 Å². The van der Waals surface area contributed by atoms with Gasteiger partial charge in [0.05, 0.1) is 5.69 Å². The standard InChI is InChI=1S/C20H23N3OSi/c1-15-10-11-18(19(14-15)24-25(3)4)21-20(17-8-6-5-7-9-17)23-13-12-16(2)22-23/h5-14,25H,1-4H3. The highest BCUT2D eigenvalue weighted by molar-refractivity contribution is 6.49. The molecule has 0 bridgehead atoms. The van der Waals surface area contributed by atoms with Crippen molar-refractivity contribution in [3.8, 4) is 5.75 Å². The van der Waals surface area contributed by atoms with Crippen molar-refractivity contribution in [1.29, 1.82) is 0 Å². The largest absolute Gasteiger partial charge is 0.546 e. The van der Waals surface area contributed by atoms with Gasteiger partial charge in [0, 0.05) is 11.8 Å². The van der Waals surface area contributed by atoms with Crippen molar-refractivity contribution < 1.29 is 4.43 Å². The van der Waals surface area contributed by atoms with Crippen molar-refractivity contribution in [1.82, 2.24) is 9.78 Å². The van der Waals surface area contributed by atoms with E-state index in [1.54, 1.807) is 0 Å². The van der Waals surface area contributed by atoms with E-state index < -0.39 is 9.04 Å². The van der Waals surface area contributed by atoms with E-state index >= 15 is 0 Å². The van der Waals surface area contributed by atoms with Gasteiger partial charge in [-0.05, 0) is 50.7 Å². The van der Waals surface area contributed by atoms with E-state index in [0.29, 0.717) is 0 Å². The predicted molar refractivity (Wildman–Crippen MR) is 106 cm³/mol. The Labute approximate surface area is 150 Å². The molecule has 0 aliphatic heterocycles. The maximum absolute atomic E-state index is 6.11. The van der Waals surface area contributed by atoms with Crippen molar-refractivity contribution in [3.63, 3.8) is 0 Å². The molecule has 3 aromatic rings. The Morgan fingerprint density at radius 2 is 1.80 bits per heavy atom. The minimum Gasteiger partial charge on any atom is -0.546 e. The molecule has 0 saturated heterocycles. The maximum Gasteiger partial charge on any atom is 0.229 e. The summed E-state index contributed by atoms with van der Waals surface area (Å²) in [7, 11) is -1.23. The zero-order valence-corrected chi connectivity index (χ0v) is 16.3. The topological polar surface area (TPSA) is 39.4 Å². The van der Waals surface area contributed by atoms with Crippen LogP contribution in [0.25, 0.3) is 0 Å². The average Bonchev–Trinajstić information content (AvgIpc) is 3.00. The van der Waals surface area contributed by atoms with Crippen LogP contribution in [0.2, 0.25) is 13.1 Å². The fourth-order valence-electron chi connectivity index (χ4n) is 2.54. The van der Waals surface area contributed by atoms with Crippen molar-refractivity contribution in [3.05, 3.63) is 77.6 Å². The highest BCUT2D eigenvalue weighted by Gasteiger charge is 2.11. The molecule has 0 N–H and O–H groups in total. The van der Waals surface area contributed by atoms with Crippen LogP contribution in [0.3, 0.4) is 0 Å². The lowest BCUT2D eigenvalue weighted by Crippen LogP contribution is -2.15. The second kappa shape index (κ2) is 7.48. The van der Waals surface area contributed by atoms with Crippen molar-refractivity contribution >= 4 is 20.6 Å². The zero-order chi connectivity index (χ0) is 17.8. The molecular formula is C20H23N3OSi. The Morgan fingerprint density at radius 3 is 2.44 bits per heavy atom. The molecule has 0 aliphatic carbocycles. The van der Waals surface area contributed by atoms with Crippen LogP contribution in [0.15, 0.2) is 65.8 Å². The molecule has 1 aromatic heterocycles. The van der Waals surface area contributed by atoms with Gasteiger partial charge in [-0.1, -0.05) is 36.4 Å². The molecule has 0 amide bonds. The zero-order valence-electron chi connectivity index (χ0n) is 15.1. The lowest BCUT2D eigenvalue weighted by molar-refractivity contribution is 0.581. The van der Waals surface area contributed by atoms with Gasteiger partial charge in [0.15, 0.2) is 5.84 Å². The van der Waals surface area contributed by atoms with Crippen LogP contribution < -0.4 is 4.43 Å². The summed E-state index contributed by atoms with van der Waals surface area (Å²) in [6.45, 7) is 8.36. The molecule has 25 heavy (non-hydrogen) atoms. The van der Waals surface area contributed by atoms with Gasteiger partial charge in [-0.15, -0.1) is 0 Å². The van der Waals surface area contributed by atoms with Crippen molar-refractivity contribution in [2.75, 3.05) is 0 Å². The first-order valence-electron chi connectivity index (χ1n) is 8.47. The SMILES string of the molecule is Cc1ccc(N=C(c2ccccc2)n2ccc(C)n2)c(O[SiH](C)C)c1. The van der Waals surface area contributed by atoms with Crippen LogP contribution in [-0.2, 0) is 0 Å². The highest BCUT2D eigenvalue weighted by Crippen LogP contribution is 2.30. The molecule has 0 unspecified atom stereocenters. The van der Waals surface area contributed by atoms with Gasteiger partial charge in [-0.3, -0.25) is 0 Å². The third-order valence-electron chi connectivity index (χ3n) is 3.68. The maximum atomic E-state index is 6.11. The number of hydrogen-bond donors (Lipinski definition) is 0. The van der Waals surface area contributed by atoms with Gasteiger partial charge in [0.2, 0.25) is 9.04 Å². The van der Waals surface area contributed by atoms with Crippen LogP contribution in [0, 0.1) is 13.8 Å². The lowest BCUT2D eigenvalue weighted by atomic mass is 10.2. The smallest absolute Gasteiger partial charge is 0.229 e. The summed E-state index contributed by atoms with van der Waals surface area (Å²) in [5.74, 6) is 1.63. The van der Waals surface area contributed by atoms with E-state index in [4.69, 9.17) is 9.42 Å². The average molecular weight is 350 g/mol. The molecule has 0 spiro atoms. The summed E-state index contributed by atoms with van der Waals surface area (Å²) in [6.07, 6.45) is 1.94. The number of hydrogen-bond acceptors (Lipinski definition) is 3. The molecular weight excluding hydrogens is 326 g/mol. The quantitative estimate of drug-likeness (QED) is 0.395. The Morgan fingerprint density at radius 1 is 1.04 bits per heavy atom. The van der Waals surface area contributed by atoms with Gasteiger partial charge < -0.3 is 4.43 Å². The minimum atomic E-state index is -1.23. The third kappa shape index (κ3) is 4.25. The summed E-state index contributed by atoms with van der Waals surface area (Å²) in [5.41, 5.74) is 3.97. The monoisotopic (exact) mass is 349 g/mol. The van der Waals surface area contributed by atoms with Crippen LogP contribution in [0.1, 0.15) is 16.8 Å². The normalized spacial score (nSPS) is 11.8. The van der Waals surface area contributed by atoms with Crippen LogP contribution >= 0.6 is 0 Å². The van der Waals surface area contributed by atoms with E-state index in [0.717, 1.165) is 28.5 Å². The van der Waals surface area contributed by atoms with E-state index in [1.165, 1.54) is 5.56 Å². The molecule has 3 rings (SSSR count). The molecule has 4 nitrogen and oxygen atoms in total. The lowest BCUT2D eigenvalue weighted by Gasteiger charge is -2.14.